The summed E-state index contributed by atoms with van der Waals surface area (Å²) in [5, 5.41) is 14.6. The first-order valence-corrected chi connectivity index (χ1v) is 7.25. The second-order valence-electron chi connectivity index (χ2n) is 5.31. The average Bonchev–Trinajstić information content (AvgIpc) is 2.55. The van der Waals surface area contributed by atoms with E-state index in [0.717, 1.165) is 41.5 Å². The van der Waals surface area contributed by atoms with Crippen LogP contribution in [0.5, 0.6) is 5.75 Å². The molecular weight excluding hydrogens is 266 g/mol. The third-order valence-corrected chi connectivity index (χ3v) is 3.82. The summed E-state index contributed by atoms with van der Waals surface area (Å²) in [7, 11) is 0. The van der Waals surface area contributed by atoms with E-state index in [2.05, 4.69) is 11.2 Å². The minimum Gasteiger partial charge on any atom is -0.487 e. The van der Waals surface area contributed by atoms with E-state index >= 15 is 0 Å². The van der Waals surface area contributed by atoms with Gasteiger partial charge in [0.05, 0.1) is 12.3 Å². The van der Waals surface area contributed by atoms with Gasteiger partial charge in [-0.05, 0) is 31.2 Å². The number of ether oxygens (including phenoxy) is 2. The zero-order valence-corrected chi connectivity index (χ0v) is 12.1. The molecular formula is C17H19NO3. The summed E-state index contributed by atoms with van der Waals surface area (Å²) in [6, 6.07) is 12.0. The summed E-state index contributed by atoms with van der Waals surface area (Å²) in [4.78, 5) is 0. The average molecular weight is 285 g/mol. The molecule has 4 heteroatoms. The van der Waals surface area contributed by atoms with Crippen LogP contribution in [-0.4, -0.2) is 30.2 Å². The van der Waals surface area contributed by atoms with Crippen molar-refractivity contribution in [3.05, 3.63) is 42.0 Å². The number of benzene rings is 2. The lowest BCUT2D eigenvalue weighted by atomic mass is 10.0. The molecule has 0 saturated carbocycles. The van der Waals surface area contributed by atoms with Crippen molar-refractivity contribution in [1.29, 1.82) is 0 Å². The first-order chi connectivity index (χ1) is 10.3. The summed E-state index contributed by atoms with van der Waals surface area (Å²) in [6.07, 6.45) is 2.05. The smallest absolute Gasteiger partial charge is 0.136 e. The number of hydrogen-bond donors (Lipinski definition) is 1. The van der Waals surface area contributed by atoms with Gasteiger partial charge < -0.3 is 14.7 Å². The Morgan fingerprint density at radius 1 is 1.29 bits per heavy atom. The van der Waals surface area contributed by atoms with Crippen LogP contribution in [0.1, 0.15) is 25.3 Å². The zero-order valence-electron chi connectivity index (χ0n) is 12.1. The van der Waals surface area contributed by atoms with Gasteiger partial charge in [-0.3, -0.25) is 0 Å². The van der Waals surface area contributed by atoms with Crippen molar-refractivity contribution in [2.45, 2.75) is 25.9 Å². The molecule has 1 unspecified atom stereocenters. The minimum absolute atomic E-state index is 0.0507. The van der Waals surface area contributed by atoms with E-state index in [1.165, 1.54) is 0 Å². The highest BCUT2D eigenvalue weighted by molar-refractivity contribution is 6.06. The quantitative estimate of drug-likeness (QED) is 0.532. The highest BCUT2D eigenvalue weighted by Crippen LogP contribution is 2.32. The second kappa shape index (κ2) is 6.14. The van der Waals surface area contributed by atoms with E-state index in [4.69, 9.17) is 14.7 Å². The highest BCUT2D eigenvalue weighted by atomic mass is 16.5. The van der Waals surface area contributed by atoms with Crippen LogP contribution in [0.2, 0.25) is 0 Å². The molecule has 1 aliphatic rings. The Morgan fingerprint density at radius 2 is 2.14 bits per heavy atom. The maximum absolute atomic E-state index is 9.10. The summed E-state index contributed by atoms with van der Waals surface area (Å²) in [5.74, 6) is 0.777. The number of hydrogen-bond acceptors (Lipinski definition) is 4. The molecule has 1 atom stereocenters. The maximum Gasteiger partial charge on any atom is 0.136 e. The predicted molar refractivity (Wildman–Crippen MR) is 82.4 cm³/mol. The second-order valence-corrected chi connectivity index (χ2v) is 5.31. The van der Waals surface area contributed by atoms with E-state index < -0.39 is 0 Å². The van der Waals surface area contributed by atoms with Crippen molar-refractivity contribution in [3.8, 4) is 5.75 Å². The van der Waals surface area contributed by atoms with Gasteiger partial charge in [-0.25, -0.2) is 0 Å². The van der Waals surface area contributed by atoms with Gasteiger partial charge in [-0.15, -0.1) is 0 Å². The molecule has 21 heavy (non-hydrogen) atoms. The Balaban J connectivity index is 2.06. The van der Waals surface area contributed by atoms with Gasteiger partial charge in [0.25, 0.3) is 0 Å². The minimum atomic E-state index is 0.0507. The van der Waals surface area contributed by atoms with Crippen LogP contribution in [0.4, 0.5) is 0 Å². The summed E-state index contributed by atoms with van der Waals surface area (Å²) in [6.45, 7) is 3.19. The molecule has 4 nitrogen and oxygen atoms in total. The molecule has 0 aromatic heterocycles. The van der Waals surface area contributed by atoms with Crippen LogP contribution in [0.25, 0.3) is 10.8 Å². The molecule has 1 saturated heterocycles. The van der Waals surface area contributed by atoms with Crippen molar-refractivity contribution < 1.29 is 14.7 Å². The topological polar surface area (TPSA) is 51.1 Å². The van der Waals surface area contributed by atoms with Gasteiger partial charge in [-0.1, -0.05) is 35.5 Å². The molecule has 2 aromatic rings. The van der Waals surface area contributed by atoms with E-state index in [-0.39, 0.29) is 6.10 Å². The first-order valence-electron chi connectivity index (χ1n) is 7.25. The van der Waals surface area contributed by atoms with Gasteiger partial charge in [0, 0.05) is 17.6 Å². The molecule has 0 amide bonds. The SMILES string of the molecule is C/C(=N/O)c1ccc2ccccc2c1OC1CCCOC1. The molecule has 0 aliphatic carbocycles. The van der Waals surface area contributed by atoms with E-state index in [1.54, 1.807) is 6.92 Å². The van der Waals surface area contributed by atoms with Crippen molar-refractivity contribution in [2.24, 2.45) is 5.16 Å². The van der Waals surface area contributed by atoms with E-state index in [0.29, 0.717) is 12.3 Å². The fourth-order valence-electron chi connectivity index (χ4n) is 2.68. The molecule has 1 heterocycles. The van der Waals surface area contributed by atoms with Crippen molar-refractivity contribution in [3.63, 3.8) is 0 Å². The number of oxime groups is 1. The molecule has 110 valence electrons. The molecule has 0 bridgehead atoms. The summed E-state index contributed by atoms with van der Waals surface area (Å²) in [5.41, 5.74) is 1.37. The van der Waals surface area contributed by atoms with E-state index in [1.807, 2.05) is 30.3 Å². The van der Waals surface area contributed by atoms with Gasteiger partial charge in [-0.2, -0.15) is 0 Å². The fraction of sp³-hybridized carbons (Fsp3) is 0.353. The van der Waals surface area contributed by atoms with Crippen LogP contribution in [0.3, 0.4) is 0 Å². The molecule has 1 aliphatic heterocycles. The van der Waals surface area contributed by atoms with Gasteiger partial charge in [0.15, 0.2) is 0 Å². The third kappa shape index (κ3) is 2.85. The molecule has 3 rings (SSSR count). The normalized spacial score (nSPS) is 19.7. The Morgan fingerprint density at radius 3 is 2.90 bits per heavy atom. The van der Waals surface area contributed by atoms with E-state index in [9.17, 15) is 0 Å². The molecule has 0 spiro atoms. The lowest BCUT2D eigenvalue weighted by Crippen LogP contribution is -2.28. The van der Waals surface area contributed by atoms with Gasteiger partial charge >= 0.3 is 0 Å². The molecule has 1 N–H and O–H groups in total. The number of rotatable bonds is 3. The fourth-order valence-corrected chi connectivity index (χ4v) is 2.68. The van der Waals surface area contributed by atoms with Crippen LogP contribution < -0.4 is 4.74 Å². The van der Waals surface area contributed by atoms with Crippen LogP contribution in [0, 0.1) is 0 Å². The summed E-state index contributed by atoms with van der Waals surface area (Å²) < 4.78 is 11.7. The van der Waals surface area contributed by atoms with Crippen molar-refractivity contribution in [2.75, 3.05) is 13.2 Å². The lowest BCUT2D eigenvalue weighted by molar-refractivity contribution is 0.00801. The van der Waals surface area contributed by atoms with Gasteiger partial charge in [0.1, 0.15) is 11.9 Å². The Bertz CT molecular complexity index is 660. The monoisotopic (exact) mass is 285 g/mol. The molecule has 0 radical (unpaired) electrons. The standard InChI is InChI=1S/C17H19NO3/c1-12(18-19)15-9-8-13-5-2-3-7-16(13)17(15)21-14-6-4-10-20-11-14/h2-3,5,7-9,14,19H,4,6,10-11H2,1H3/b18-12-. The van der Waals surface area contributed by atoms with Gasteiger partial charge in [0.2, 0.25) is 0 Å². The van der Waals surface area contributed by atoms with Crippen LogP contribution >= 0.6 is 0 Å². The zero-order chi connectivity index (χ0) is 14.7. The number of nitrogens with zero attached hydrogens (tertiary/aromatic N) is 1. The molecule has 2 aromatic carbocycles. The third-order valence-electron chi connectivity index (χ3n) is 3.82. The first kappa shape index (κ1) is 13.9. The highest BCUT2D eigenvalue weighted by Gasteiger charge is 2.19. The number of fused-ring (bicyclic) bond motifs is 1. The van der Waals surface area contributed by atoms with Crippen LogP contribution in [0.15, 0.2) is 41.6 Å². The Hall–Kier alpha value is -2.07. The lowest BCUT2D eigenvalue weighted by Gasteiger charge is -2.25. The predicted octanol–water partition coefficient (Wildman–Crippen LogP) is 3.60. The summed E-state index contributed by atoms with van der Waals surface area (Å²) >= 11 is 0. The van der Waals surface area contributed by atoms with Crippen LogP contribution in [-0.2, 0) is 4.74 Å². The maximum atomic E-state index is 9.10. The Labute approximate surface area is 124 Å². The molecule has 1 fully saturated rings. The van der Waals surface area contributed by atoms with Crippen molar-refractivity contribution >= 4 is 16.5 Å². The Kier molecular flexibility index (Phi) is 4.06. The largest absolute Gasteiger partial charge is 0.487 e. The van der Waals surface area contributed by atoms with Crippen molar-refractivity contribution in [1.82, 2.24) is 0 Å².